The molecule has 0 aromatic rings. The van der Waals surface area contributed by atoms with Crippen LogP contribution >= 0.6 is 0 Å². The van der Waals surface area contributed by atoms with Crippen LogP contribution in [0.2, 0.25) is 0 Å². The van der Waals surface area contributed by atoms with Gasteiger partial charge in [-0.15, -0.1) is 0 Å². The predicted molar refractivity (Wildman–Crippen MR) is 46.2 cm³/mol. The molecular formula is C9H10O5. The molecule has 1 rings (SSSR count). The summed E-state index contributed by atoms with van der Waals surface area (Å²) in [5.74, 6) is -1.21. The van der Waals surface area contributed by atoms with E-state index in [0.717, 1.165) is 6.08 Å². The SMILES string of the molecule is COC1=CC(=O)C(=O)C(OC)=C1OC. The number of hydrogen-bond acceptors (Lipinski definition) is 5. The van der Waals surface area contributed by atoms with E-state index >= 15 is 0 Å². The molecular weight excluding hydrogens is 188 g/mol. The largest absolute Gasteiger partial charge is 0.493 e. The first kappa shape index (κ1) is 10.3. The molecule has 5 nitrogen and oxygen atoms in total. The number of hydrogen-bond donors (Lipinski definition) is 0. The summed E-state index contributed by atoms with van der Waals surface area (Å²) in [5.41, 5.74) is 0. The van der Waals surface area contributed by atoms with Gasteiger partial charge in [-0.25, -0.2) is 0 Å². The van der Waals surface area contributed by atoms with Crippen LogP contribution in [-0.2, 0) is 23.8 Å². The van der Waals surface area contributed by atoms with E-state index in [1.165, 1.54) is 21.3 Å². The zero-order valence-corrected chi connectivity index (χ0v) is 8.12. The van der Waals surface area contributed by atoms with E-state index in [0.29, 0.717) is 0 Å². The van der Waals surface area contributed by atoms with Gasteiger partial charge in [0, 0.05) is 6.08 Å². The lowest BCUT2D eigenvalue weighted by atomic mass is 10.1. The van der Waals surface area contributed by atoms with Gasteiger partial charge in [0.25, 0.3) is 5.78 Å². The van der Waals surface area contributed by atoms with Gasteiger partial charge in [0.1, 0.15) is 0 Å². The quantitative estimate of drug-likeness (QED) is 0.478. The highest BCUT2D eigenvalue weighted by molar-refractivity contribution is 6.47. The predicted octanol–water partition coefficient (Wildman–Crippen LogP) is 0.173. The molecule has 0 amide bonds. The topological polar surface area (TPSA) is 61.8 Å². The van der Waals surface area contributed by atoms with Gasteiger partial charge in [-0.2, -0.15) is 0 Å². The van der Waals surface area contributed by atoms with E-state index < -0.39 is 11.6 Å². The van der Waals surface area contributed by atoms with Crippen LogP contribution in [0, 0.1) is 0 Å². The Morgan fingerprint density at radius 3 is 1.93 bits per heavy atom. The molecule has 0 radical (unpaired) electrons. The average molecular weight is 198 g/mol. The molecule has 76 valence electrons. The third kappa shape index (κ3) is 1.48. The van der Waals surface area contributed by atoms with Crippen LogP contribution in [0.1, 0.15) is 0 Å². The summed E-state index contributed by atoms with van der Waals surface area (Å²) in [5, 5.41) is 0. The summed E-state index contributed by atoms with van der Waals surface area (Å²) >= 11 is 0. The summed E-state index contributed by atoms with van der Waals surface area (Å²) in [6, 6.07) is 0. The minimum absolute atomic E-state index is 0.128. The van der Waals surface area contributed by atoms with Gasteiger partial charge in [0.15, 0.2) is 5.76 Å². The van der Waals surface area contributed by atoms with Crippen LogP contribution in [-0.4, -0.2) is 32.9 Å². The monoisotopic (exact) mass is 198 g/mol. The first-order valence-corrected chi connectivity index (χ1v) is 3.82. The molecule has 0 heterocycles. The van der Waals surface area contributed by atoms with Crippen LogP contribution in [0.25, 0.3) is 0 Å². The van der Waals surface area contributed by atoms with Crippen molar-refractivity contribution in [3.63, 3.8) is 0 Å². The highest BCUT2D eigenvalue weighted by atomic mass is 16.5. The summed E-state index contributed by atoms with van der Waals surface area (Å²) in [6.45, 7) is 0. The fraction of sp³-hybridized carbons (Fsp3) is 0.333. The molecule has 0 spiro atoms. The molecule has 14 heavy (non-hydrogen) atoms. The Labute approximate surface area is 80.9 Å². The van der Waals surface area contributed by atoms with Crippen molar-refractivity contribution in [3.8, 4) is 0 Å². The molecule has 5 heteroatoms. The highest BCUT2D eigenvalue weighted by Crippen LogP contribution is 2.22. The van der Waals surface area contributed by atoms with E-state index in [2.05, 4.69) is 0 Å². The number of ether oxygens (including phenoxy) is 3. The second-order valence-electron chi connectivity index (χ2n) is 2.47. The molecule has 0 saturated carbocycles. The molecule has 0 aromatic heterocycles. The summed E-state index contributed by atoms with van der Waals surface area (Å²) < 4.78 is 14.5. The van der Waals surface area contributed by atoms with Gasteiger partial charge < -0.3 is 14.2 Å². The van der Waals surface area contributed by atoms with Crippen molar-refractivity contribution in [1.82, 2.24) is 0 Å². The molecule has 0 unspecified atom stereocenters. The molecule has 0 aromatic carbocycles. The van der Waals surface area contributed by atoms with Crippen molar-refractivity contribution in [2.45, 2.75) is 0 Å². The number of rotatable bonds is 3. The fourth-order valence-corrected chi connectivity index (χ4v) is 1.11. The number of Topliss-reactive ketones (excluding diaryl/α,β-unsaturated/α-hetero) is 1. The lowest BCUT2D eigenvalue weighted by molar-refractivity contribution is -0.134. The van der Waals surface area contributed by atoms with Crippen LogP contribution < -0.4 is 0 Å². The Hall–Kier alpha value is -1.78. The minimum Gasteiger partial charge on any atom is -0.493 e. The first-order chi connectivity index (χ1) is 6.65. The number of ketones is 2. The summed E-state index contributed by atoms with van der Waals surface area (Å²) in [7, 11) is 4.03. The van der Waals surface area contributed by atoms with Gasteiger partial charge in [0.05, 0.1) is 21.3 Å². The van der Waals surface area contributed by atoms with Crippen LogP contribution in [0.5, 0.6) is 0 Å². The molecule has 0 bridgehead atoms. The van der Waals surface area contributed by atoms with Gasteiger partial charge in [0.2, 0.25) is 17.3 Å². The van der Waals surface area contributed by atoms with Crippen LogP contribution in [0.4, 0.5) is 0 Å². The Balaban J connectivity index is 3.24. The number of allylic oxidation sites excluding steroid dienone is 2. The van der Waals surface area contributed by atoms with E-state index in [9.17, 15) is 9.59 Å². The zero-order chi connectivity index (χ0) is 10.7. The van der Waals surface area contributed by atoms with Crippen molar-refractivity contribution in [2.75, 3.05) is 21.3 Å². The van der Waals surface area contributed by atoms with Crippen LogP contribution in [0.15, 0.2) is 23.4 Å². The average Bonchev–Trinajstić information content (AvgIpc) is 2.20. The maximum absolute atomic E-state index is 11.3. The van der Waals surface area contributed by atoms with Crippen LogP contribution in [0.3, 0.4) is 0 Å². The smallest absolute Gasteiger partial charge is 0.271 e. The Kier molecular flexibility index (Phi) is 2.91. The zero-order valence-electron chi connectivity index (χ0n) is 8.12. The Bertz CT molecular complexity index is 337. The first-order valence-electron chi connectivity index (χ1n) is 3.82. The molecule has 0 aliphatic heterocycles. The number of carbonyl (C=O) groups excluding carboxylic acids is 2. The Morgan fingerprint density at radius 1 is 0.929 bits per heavy atom. The van der Waals surface area contributed by atoms with E-state index in [1.54, 1.807) is 0 Å². The van der Waals surface area contributed by atoms with Gasteiger partial charge in [-0.3, -0.25) is 9.59 Å². The van der Waals surface area contributed by atoms with E-state index in [-0.39, 0.29) is 17.3 Å². The molecule has 0 saturated heterocycles. The summed E-state index contributed by atoms with van der Waals surface area (Å²) in [6.07, 6.45) is 1.07. The molecule has 0 atom stereocenters. The third-order valence-electron chi connectivity index (χ3n) is 1.75. The lowest BCUT2D eigenvalue weighted by Crippen LogP contribution is -2.23. The molecule has 1 aliphatic rings. The van der Waals surface area contributed by atoms with Crippen molar-refractivity contribution < 1.29 is 23.8 Å². The highest BCUT2D eigenvalue weighted by Gasteiger charge is 2.31. The van der Waals surface area contributed by atoms with Gasteiger partial charge in [-0.1, -0.05) is 0 Å². The minimum atomic E-state index is -0.731. The normalized spacial score (nSPS) is 16.6. The second-order valence-corrected chi connectivity index (χ2v) is 2.47. The van der Waals surface area contributed by atoms with Crippen molar-refractivity contribution in [2.24, 2.45) is 0 Å². The molecule has 0 fully saturated rings. The van der Waals surface area contributed by atoms with E-state index in [1.807, 2.05) is 0 Å². The maximum atomic E-state index is 11.3. The summed E-state index contributed by atoms with van der Waals surface area (Å²) in [4.78, 5) is 22.4. The fourth-order valence-electron chi connectivity index (χ4n) is 1.11. The van der Waals surface area contributed by atoms with Crippen molar-refractivity contribution in [3.05, 3.63) is 23.4 Å². The van der Waals surface area contributed by atoms with Crippen molar-refractivity contribution >= 4 is 11.6 Å². The molecule has 1 aliphatic carbocycles. The standard InChI is InChI=1S/C9H10O5/c1-12-6-4-5(10)7(11)9(14-3)8(6)13-2/h4H,1-3H3. The van der Waals surface area contributed by atoms with Gasteiger partial charge in [-0.05, 0) is 0 Å². The Morgan fingerprint density at radius 2 is 1.50 bits per heavy atom. The van der Waals surface area contributed by atoms with E-state index in [4.69, 9.17) is 14.2 Å². The molecule has 0 N–H and O–H groups in total. The second kappa shape index (κ2) is 3.95. The number of carbonyl (C=O) groups is 2. The van der Waals surface area contributed by atoms with Crippen molar-refractivity contribution in [1.29, 1.82) is 0 Å². The third-order valence-corrected chi connectivity index (χ3v) is 1.75. The van der Waals surface area contributed by atoms with Gasteiger partial charge >= 0.3 is 0 Å². The maximum Gasteiger partial charge on any atom is 0.271 e. The lowest BCUT2D eigenvalue weighted by Gasteiger charge is -2.16. The number of methoxy groups -OCH3 is 3.